The summed E-state index contributed by atoms with van der Waals surface area (Å²) in [6.45, 7) is 4.13. The smallest absolute Gasteiger partial charge is 0.261 e. The molecule has 0 aliphatic rings. The summed E-state index contributed by atoms with van der Waals surface area (Å²) in [6, 6.07) is 15.4. The molecule has 2 aromatic carbocycles. The number of benzene rings is 2. The number of thioether (sulfide) groups is 1. The lowest BCUT2D eigenvalue weighted by Crippen LogP contribution is -2.27. The third kappa shape index (κ3) is 5.67. The Kier molecular flexibility index (Phi) is 7.23. The van der Waals surface area contributed by atoms with Crippen molar-refractivity contribution in [3.8, 4) is 0 Å². The van der Waals surface area contributed by atoms with Gasteiger partial charge in [-0.3, -0.25) is 9.52 Å². The normalized spacial score (nSPS) is 11.3. The number of rotatable bonds is 9. The average molecular weight is 445 g/mol. The van der Waals surface area contributed by atoms with Gasteiger partial charge < -0.3 is 9.73 Å². The van der Waals surface area contributed by atoms with E-state index in [4.69, 9.17) is 4.42 Å². The van der Waals surface area contributed by atoms with Gasteiger partial charge in [-0.1, -0.05) is 23.8 Å². The highest BCUT2D eigenvalue weighted by Crippen LogP contribution is 2.23. The van der Waals surface area contributed by atoms with Gasteiger partial charge in [0.1, 0.15) is 5.76 Å². The summed E-state index contributed by atoms with van der Waals surface area (Å²) >= 11 is 1.66. The number of carbonyl (C=O) groups is 1. The van der Waals surface area contributed by atoms with Crippen molar-refractivity contribution in [3.63, 3.8) is 0 Å². The molecular weight excluding hydrogens is 420 g/mol. The van der Waals surface area contributed by atoms with Gasteiger partial charge in [0, 0.05) is 17.9 Å². The van der Waals surface area contributed by atoms with Crippen molar-refractivity contribution in [2.75, 3.05) is 17.0 Å². The van der Waals surface area contributed by atoms with Crippen molar-refractivity contribution < 1.29 is 17.6 Å². The summed E-state index contributed by atoms with van der Waals surface area (Å²) in [5.74, 6) is 2.15. The number of hydrogen-bond acceptors (Lipinski definition) is 5. The van der Waals surface area contributed by atoms with E-state index in [0.717, 1.165) is 22.8 Å². The predicted octanol–water partition coefficient (Wildman–Crippen LogP) is 4.36. The molecule has 0 unspecified atom stereocenters. The third-order valence-electron chi connectivity index (χ3n) is 4.51. The van der Waals surface area contributed by atoms with Crippen LogP contribution in [0.2, 0.25) is 0 Å². The van der Waals surface area contributed by atoms with E-state index >= 15 is 0 Å². The first-order chi connectivity index (χ1) is 14.4. The highest BCUT2D eigenvalue weighted by atomic mass is 32.2. The van der Waals surface area contributed by atoms with Crippen LogP contribution >= 0.6 is 11.8 Å². The number of anilines is 1. The highest BCUT2D eigenvalue weighted by Gasteiger charge is 2.18. The summed E-state index contributed by atoms with van der Waals surface area (Å²) in [6.07, 6.45) is 1.64. The summed E-state index contributed by atoms with van der Waals surface area (Å²) in [5.41, 5.74) is 2.38. The molecule has 0 spiro atoms. The van der Waals surface area contributed by atoms with Crippen LogP contribution < -0.4 is 10.0 Å². The van der Waals surface area contributed by atoms with Crippen LogP contribution in [0.25, 0.3) is 0 Å². The number of amides is 1. The first-order valence-electron chi connectivity index (χ1n) is 9.44. The highest BCUT2D eigenvalue weighted by molar-refractivity contribution is 7.98. The van der Waals surface area contributed by atoms with Crippen molar-refractivity contribution in [1.82, 2.24) is 5.32 Å². The van der Waals surface area contributed by atoms with Gasteiger partial charge in [0.2, 0.25) is 0 Å². The largest absolute Gasteiger partial charge is 0.468 e. The molecule has 158 valence electrons. The number of sulfonamides is 1. The molecule has 0 bridgehead atoms. The molecule has 8 heteroatoms. The standard InChI is InChI=1S/C22H24N2O4S2/c1-16-8-10-19(11-9-16)30(26,27)24-21-7-3-6-20(17(21)2)22(25)23-12-14-29-15-18-5-4-13-28-18/h3-11,13,24H,12,14-15H2,1-2H3,(H,23,25). The van der Waals surface area contributed by atoms with Crippen LogP contribution in [0, 0.1) is 13.8 Å². The van der Waals surface area contributed by atoms with Gasteiger partial charge in [0.15, 0.2) is 0 Å². The summed E-state index contributed by atoms with van der Waals surface area (Å²) in [4.78, 5) is 12.7. The van der Waals surface area contributed by atoms with Crippen LogP contribution in [0.3, 0.4) is 0 Å². The fourth-order valence-electron chi connectivity index (χ4n) is 2.81. The average Bonchev–Trinajstić information content (AvgIpc) is 3.23. The molecule has 0 aliphatic carbocycles. The van der Waals surface area contributed by atoms with Gasteiger partial charge in [-0.25, -0.2) is 8.42 Å². The van der Waals surface area contributed by atoms with Crippen molar-refractivity contribution in [1.29, 1.82) is 0 Å². The molecule has 1 heterocycles. The predicted molar refractivity (Wildman–Crippen MR) is 120 cm³/mol. The molecule has 1 aromatic heterocycles. The Labute approximate surface area is 181 Å². The Balaban J connectivity index is 1.61. The number of aryl methyl sites for hydroxylation is 1. The fourth-order valence-corrected chi connectivity index (χ4v) is 4.69. The molecule has 1 amide bonds. The number of hydrogen-bond donors (Lipinski definition) is 2. The van der Waals surface area contributed by atoms with Crippen molar-refractivity contribution in [3.05, 3.63) is 83.3 Å². The maximum Gasteiger partial charge on any atom is 0.261 e. The molecule has 0 fully saturated rings. The third-order valence-corrected chi connectivity index (χ3v) is 6.87. The Morgan fingerprint density at radius 2 is 1.80 bits per heavy atom. The topological polar surface area (TPSA) is 88.4 Å². The molecule has 6 nitrogen and oxygen atoms in total. The molecule has 0 radical (unpaired) electrons. The van der Waals surface area contributed by atoms with Crippen molar-refractivity contribution >= 4 is 33.4 Å². The number of furan rings is 1. The van der Waals surface area contributed by atoms with E-state index in [1.807, 2.05) is 19.1 Å². The van der Waals surface area contributed by atoms with E-state index < -0.39 is 10.0 Å². The summed E-state index contributed by atoms with van der Waals surface area (Å²) in [5, 5.41) is 2.88. The maximum atomic E-state index is 12.7. The maximum absolute atomic E-state index is 12.7. The zero-order valence-corrected chi connectivity index (χ0v) is 18.5. The molecular formula is C22H24N2O4S2. The molecule has 3 rings (SSSR count). The van der Waals surface area contributed by atoms with Gasteiger partial charge >= 0.3 is 0 Å². The molecule has 0 saturated heterocycles. The molecule has 3 aromatic rings. The van der Waals surface area contributed by atoms with Gasteiger partial charge in [-0.05, 0) is 55.8 Å². The Bertz CT molecular complexity index is 1090. The van der Waals surface area contributed by atoms with E-state index in [-0.39, 0.29) is 10.8 Å². The zero-order valence-electron chi connectivity index (χ0n) is 16.8. The summed E-state index contributed by atoms with van der Waals surface area (Å²) in [7, 11) is -3.73. The van der Waals surface area contributed by atoms with E-state index in [2.05, 4.69) is 10.0 Å². The lowest BCUT2D eigenvalue weighted by atomic mass is 10.1. The van der Waals surface area contributed by atoms with Gasteiger partial charge in [0.05, 0.1) is 22.6 Å². The van der Waals surface area contributed by atoms with Crippen LogP contribution in [0.4, 0.5) is 5.69 Å². The fraction of sp³-hybridized carbons (Fsp3) is 0.227. The van der Waals surface area contributed by atoms with E-state index in [0.29, 0.717) is 23.4 Å². The molecule has 2 N–H and O–H groups in total. The van der Waals surface area contributed by atoms with Crippen LogP contribution in [0.5, 0.6) is 0 Å². The first kappa shape index (κ1) is 22.0. The second-order valence-corrected chi connectivity index (χ2v) is 9.57. The molecule has 0 aliphatic heterocycles. The molecule has 30 heavy (non-hydrogen) atoms. The Morgan fingerprint density at radius 1 is 1.03 bits per heavy atom. The van der Waals surface area contributed by atoms with E-state index in [9.17, 15) is 13.2 Å². The second-order valence-electron chi connectivity index (χ2n) is 6.78. The van der Waals surface area contributed by atoms with Gasteiger partial charge in [0.25, 0.3) is 15.9 Å². The monoisotopic (exact) mass is 444 g/mol. The summed E-state index contributed by atoms with van der Waals surface area (Å²) < 4.78 is 33.2. The minimum Gasteiger partial charge on any atom is -0.468 e. The second kappa shape index (κ2) is 9.86. The van der Waals surface area contributed by atoms with Crippen LogP contribution in [-0.2, 0) is 15.8 Å². The Morgan fingerprint density at radius 3 is 2.50 bits per heavy atom. The van der Waals surface area contributed by atoms with Crippen molar-refractivity contribution in [2.24, 2.45) is 0 Å². The minimum absolute atomic E-state index is 0.177. The lowest BCUT2D eigenvalue weighted by molar-refractivity contribution is 0.0955. The quantitative estimate of drug-likeness (QED) is 0.479. The molecule has 0 atom stereocenters. The van der Waals surface area contributed by atoms with Gasteiger partial charge in [-0.2, -0.15) is 11.8 Å². The van der Waals surface area contributed by atoms with E-state index in [1.54, 1.807) is 67.4 Å². The zero-order chi connectivity index (χ0) is 21.6. The minimum atomic E-state index is -3.73. The first-order valence-corrected chi connectivity index (χ1v) is 12.1. The van der Waals surface area contributed by atoms with Crippen molar-refractivity contribution in [2.45, 2.75) is 24.5 Å². The van der Waals surface area contributed by atoms with E-state index in [1.165, 1.54) is 0 Å². The van der Waals surface area contributed by atoms with Crippen LogP contribution in [-0.4, -0.2) is 26.6 Å². The number of carbonyl (C=O) groups excluding carboxylic acids is 1. The SMILES string of the molecule is Cc1ccc(S(=O)(=O)Nc2cccc(C(=O)NCCSCc3ccco3)c2C)cc1. The Hall–Kier alpha value is -2.71. The van der Waals surface area contributed by atoms with Crippen LogP contribution in [0.1, 0.15) is 27.2 Å². The lowest BCUT2D eigenvalue weighted by Gasteiger charge is -2.14. The number of nitrogens with one attached hydrogen (secondary N) is 2. The van der Waals surface area contributed by atoms with Crippen LogP contribution in [0.15, 0.2) is 70.2 Å². The van der Waals surface area contributed by atoms with Gasteiger partial charge in [-0.15, -0.1) is 0 Å². The molecule has 0 saturated carbocycles.